The predicted molar refractivity (Wildman–Crippen MR) is 73.0 cm³/mol. The molecule has 0 aliphatic carbocycles. The van der Waals surface area contributed by atoms with Gasteiger partial charge in [0.05, 0.1) is 25.3 Å². The number of aliphatic hydroxyl groups excluding tert-OH is 1. The van der Waals surface area contributed by atoms with Crippen LogP contribution in [0.15, 0.2) is 53.1 Å². The molecule has 1 aromatic heterocycles. The third kappa shape index (κ3) is 3.94. The predicted octanol–water partition coefficient (Wildman–Crippen LogP) is 1.95. The lowest BCUT2D eigenvalue weighted by Gasteiger charge is -2.22. The topological polar surface area (TPSA) is 82.7 Å². The Morgan fingerprint density at radius 3 is 2.55 bits per heavy atom. The molecule has 2 unspecified atom stereocenters. The molecule has 0 saturated carbocycles. The lowest BCUT2D eigenvalue weighted by atomic mass is 9.99. The van der Waals surface area contributed by atoms with Crippen LogP contribution in [0.1, 0.15) is 23.8 Å². The van der Waals surface area contributed by atoms with Crippen LogP contribution >= 0.6 is 0 Å². The molecule has 0 aliphatic rings. The van der Waals surface area contributed by atoms with Crippen molar-refractivity contribution in [3.05, 3.63) is 60.1 Å². The number of rotatable bonds is 7. The van der Waals surface area contributed by atoms with Gasteiger partial charge in [-0.15, -0.1) is 0 Å². The minimum Gasteiger partial charge on any atom is -0.481 e. The number of benzene rings is 1. The Morgan fingerprint density at radius 2 is 1.95 bits per heavy atom. The fourth-order valence-electron chi connectivity index (χ4n) is 2.01. The summed E-state index contributed by atoms with van der Waals surface area (Å²) < 4.78 is 5.18. The third-order valence-electron chi connectivity index (χ3n) is 3.04. The first kappa shape index (κ1) is 14.3. The van der Waals surface area contributed by atoms with Gasteiger partial charge in [0.1, 0.15) is 5.76 Å². The number of carbonyl (C=O) groups is 1. The fraction of sp³-hybridized carbons (Fsp3) is 0.267. The Bertz CT molecular complexity index is 524. The second-order valence-electron chi connectivity index (χ2n) is 4.52. The van der Waals surface area contributed by atoms with Crippen molar-refractivity contribution in [1.29, 1.82) is 0 Å². The van der Waals surface area contributed by atoms with Crippen molar-refractivity contribution < 1.29 is 19.4 Å². The SMILES string of the molecule is O=C(O)CC(NCc1ccco1)C(O)c1ccccc1. The van der Waals surface area contributed by atoms with Crippen LogP contribution in [0.2, 0.25) is 0 Å². The Hall–Kier alpha value is -2.11. The molecule has 2 rings (SSSR count). The summed E-state index contributed by atoms with van der Waals surface area (Å²) in [6, 6.07) is 12.0. The van der Waals surface area contributed by atoms with E-state index in [1.54, 1.807) is 30.5 Å². The van der Waals surface area contributed by atoms with Crippen LogP contribution in [-0.2, 0) is 11.3 Å². The summed E-state index contributed by atoms with van der Waals surface area (Å²) in [7, 11) is 0. The van der Waals surface area contributed by atoms with E-state index in [0.29, 0.717) is 17.9 Å². The first-order valence-electron chi connectivity index (χ1n) is 6.37. The van der Waals surface area contributed by atoms with Crippen molar-refractivity contribution in [2.75, 3.05) is 0 Å². The van der Waals surface area contributed by atoms with Gasteiger partial charge in [0.25, 0.3) is 0 Å². The van der Waals surface area contributed by atoms with E-state index in [9.17, 15) is 9.90 Å². The van der Waals surface area contributed by atoms with Crippen LogP contribution in [0.5, 0.6) is 0 Å². The summed E-state index contributed by atoms with van der Waals surface area (Å²) >= 11 is 0. The monoisotopic (exact) mass is 275 g/mol. The molecule has 0 radical (unpaired) electrons. The summed E-state index contributed by atoms with van der Waals surface area (Å²) in [6.07, 6.45) is 0.496. The minimum absolute atomic E-state index is 0.170. The molecule has 2 aromatic rings. The quantitative estimate of drug-likeness (QED) is 0.719. The molecule has 0 fully saturated rings. The van der Waals surface area contributed by atoms with Gasteiger partial charge in [0, 0.05) is 6.04 Å². The van der Waals surface area contributed by atoms with Gasteiger partial charge in [0.2, 0.25) is 0 Å². The van der Waals surface area contributed by atoms with Gasteiger partial charge in [0.15, 0.2) is 0 Å². The molecule has 106 valence electrons. The molecular formula is C15H17NO4. The molecule has 1 heterocycles. The van der Waals surface area contributed by atoms with Crippen molar-refractivity contribution >= 4 is 5.97 Å². The lowest BCUT2D eigenvalue weighted by molar-refractivity contribution is -0.138. The van der Waals surface area contributed by atoms with Crippen LogP contribution in [0.3, 0.4) is 0 Å². The van der Waals surface area contributed by atoms with E-state index in [0.717, 1.165) is 0 Å². The van der Waals surface area contributed by atoms with E-state index in [-0.39, 0.29) is 6.42 Å². The zero-order valence-electron chi connectivity index (χ0n) is 10.9. The molecule has 0 aliphatic heterocycles. The van der Waals surface area contributed by atoms with Gasteiger partial charge in [-0.2, -0.15) is 0 Å². The van der Waals surface area contributed by atoms with E-state index < -0.39 is 18.1 Å². The normalized spacial score (nSPS) is 13.8. The molecule has 20 heavy (non-hydrogen) atoms. The van der Waals surface area contributed by atoms with Crippen LogP contribution in [0.4, 0.5) is 0 Å². The number of carboxylic acids is 1. The first-order chi connectivity index (χ1) is 9.66. The largest absolute Gasteiger partial charge is 0.481 e. The van der Waals surface area contributed by atoms with Crippen molar-refractivity contribution in [3.63, 3.8) is 0 Å². The van der Waals surface area contributed by atoms with Gasteiger partial charge in [-0.1, -0.05) is 30.3 Å². The van der Waals surface area contributed by atoms with Gasteiger partial charge in [-0.05, 0) is 17.7 Å². The summed E-state index contributed by atoms with van der Waals surface area (Å²) in [4.78, 5) is 10.9. The number of hydrogen-bond donors (Lipinski definition) is 3. The third-order valence-corrected chi connectivity index (χ3v) is 3.04. The van der Waals surface area contributed by atoms with Crippen molar-refractivity contribution in [3.8, 4) is 0 Å². The summed E-state index contributed by atoms with van der Waals surface area (Å²) in [5, 5.41) is 22.3. The highest BCUT2D eigenvalue weighted by Gasteiger charge is 2.23. The minimum atomic E-state index is -0.961. The Kier molecular flexibility index (Phi) is 4.92. The Labute approximate surface area is 116 Å². The standard InChI is InChI=1S/C15H17NO4/c17-14(18)9-13(16-10-12-7-4-8-20-12)15(19)11-5-2-1-3-6-11/h1-8,13,15-16,19H,9-10H2,(H,17,18). The first-order valence-corrected chi connectivity index (χ1v) is 6.37. The van der Waals surface area contributed by atoms with E-state index >= 15 is 0 Å². The molecule has 0 saturated heterocycles. The summed E-state index contributed by atoms with van der Waals surface area (Å²) in [5.41, 5.74) is 0.686. The second-order valence-corrected chi connectivity index (χ2v) is 4.52. The number of nitrogens with one attached hydrogen (secondary N) is 1. The van der Waals surface area contributed by atoms with Crippen LogP contribution < -0.4 is 5.32 Å². The smallest absolute Gasteiger partial charge is 0.305 e. The van der Waals surface area contributed by atoms with Gasteiger partial charge in [-0.3, -0.25) is 4.79 Å². The maximum Gasteiger partial charge on any atom is 0.305 e. The highest BCUT2D eigenvalue weighted by molar-refractivity contribution is 5.67. The van der Waals surface area contributed by atoms with Crippen LogP contribution in [0, 0.1) is 0 Å². The van der Waals surface area contributed by atoms with E-state index in [1.165, 1.54) is 0 Å². The number of carboxylic acid groups (broad SMARTS) is 1. The highest BCUT2D eigenvalue weighted by atomic mass is 16.4. The van der Waals surface area contributed by atoms with Crippen molar-refractivity contribution in [1.82, 2.24) is 5.32 Å². The van der Waals surface area contributed by atoms with Crippen LogP contribution in [0.25, 0.3) is 0 Å². The zero-order chi connectivity index (χ0) is 14.4. The highest BCUT2D eigenvalue weighted by Crippen LogP contribution is 2.19. The van der Waals surface area contributed by atoms with Gasteiger partial charge in [-0.25, -0.2) is 0 Å². The average Bonchev–Trinajstić information content (AvgIpc) is 2.96. The summed E-state index contributed by atoms with van der Waals surface area (Å²) in [5.74, 6) is -0.266. The molecular weight excluding hydrogens is 258 g/mol. The molecule has 0 bridgehead atoms. The summed E-state index contributed by atoms with van der Waals surface area (Å²) in [6.45, 7) is 0.370. The van der Waals surface area contributed by atoms with E-state index in [2.05, 4.69) is 5.32 Å². The number of hydrogen-bond acceptors (Lipinski definition) is 4. The van der Waals surface area contributed by atoms with Crippen molar-refractivity contribution in [2.45, 2.75) is 25.1 Å². The average molecular weight is 275 g/mol. The number of furan rings is 1. The molecule has 3 N–H and O–H groups in total. The second kappa shape index (κ2) is 6.88. The fourth-order valence-corrected chi connectivity index (χ4v) is 2.01. The Balaban J connectivity index is 2.04. The molecule has 2 atom stereocenters. The maximum atomic E-state index is 10.9. The molecule has 5 nitrogen and oxygen atoms in total. The molecule has 1 aromatic carbocycles. The van der Waals surface area contributed by atoms with Gasteiger partial charge < -0.3 is 19.9 Å². The maximum absolute atomic E-state index is 10.9. The van der Waals surface area contributed by atoms with Gasteiger partial charge >= 0.3 is 5.97 Å². The van der Waals surface area contributed by atoms with Crippen LogP contribution in [-0.4, -0.2) is 22.2 Å². The van der Waals surface area contributed by atoms with E-state index in [4.69, 9.17) is 9.52 Å². The number of aliphatic carboxylic acids is 1. The number of aliphatic hydroxyl groups is 1. The van der Waals surface area contributed by atoms with E-state index in [1.807, 2.05) is 18.2 Å². The molecule has 0 spiro atoms. The zero-order valence-corrected chi connectivity index (χ0v) is 10.9. The Morgan fingerprint density at radius 1 is 1.20 bits per heavy atom. The molecule has 5 heteroatoms. The lowest BCUT2D eigenvalue weighted by Crippen LogP contribution is -2.36. The van der Waals surface area contributed by atoms with Crippen molar-refractivity contribution in [2.24, 2.45) is 0 Å². The molecule has 0 amide bonds.